The topological polar surface area (TPSA) is 37.3 Å². The molecule has 2 aromatic rings. The standard InChI is InChI=1S/C13H12O2S.C3H6/c1-9-7-12(10-5-3-2-4-6-10)16-11(9)8-13(14)15;1-2-3-1/h2-7H,8H2,1H3,(H,14,15);1-3H2. The molecule has 19 heavy (non-hydrogen) atoms. The van der Waals surface area contributed by atoms with Crippen LogP contribution in [-0.2, 0) is 11.2 Å². The zero-order chi connectivity index (χ0) is 13.7. The number of carbonyl (C=O) groups is 1. The van der Waals surface area contributed by atoms with Gasteiger partial charge >= 0.3 is 5.97 Å². The van der Waals surface area contributed by atoms with E-state index in [0.29, 0.717) is 0 Å². The van der Waals surface area contributed by atoms with Gasteiger partial charge in [-0.1, -0.05) is 49.6 Å². The third-order valence-electron chi connectivity index (χ3n) is 2.74. The quantitative estimate of drug-likeness (QED) is 0.893. The van der Waals surface area contributed by atoms with Crippen LogP contribution in [0.5, 0.6) is 0 Å². The van der Waals surface area contributed by atoms with Gasteiger partial charge in [0.05, 0.1) is 6.42 Å². The Morgan fingerprint density at radius 1 is 1.21 bits per heavy atom. The molecule has 1 aliphatic rings. The van der Waals surface area contributed by atoms with Crippen LogP contribution in [0.4, 0.5) is 0 Å². The van der Waals surface area contributed by atoms with E-state index in [-0.39, 0.29) is 6.42 Å². The summed E-state index contributed by atoms with van der Waals surface area (Å²) in [5.41, 5.74) is 2.21. The Morgan fingerprint density at radius 2 is 1.84 bits per heavy atom. The van der Waals surface area contributed by atoms with Gasteiger partial charge in [0, 0.05) is 9.75 Å². The van der Waals surface area contributed by atoms with Crippen molar-refractivity contribution < 1.29 is 9.90 Å². The minimum absolute atomic E-state index is 0.114. The van der Waals surface area contributed by atoms with Gasteiger partial charge in [-0.3, -0.25) is 4.79 Å². The van der Waals surface area contributed by atoms with E-state index in [2.05, 4.69) is 6.07 Å². The average molecular weight is 274 g/mol. The van der Waals surface area contributed by atoms with Gasteiger partial charge in [0.2, 0.25) is 0 Å². The number of carboxylic acid groups (broad SMARTS) is 1. The molecule has 1 aromatic carbocycles. The summed E-state index contributed by atoms with van der Waals surface area (Å²) < 4.78 is 0. The highest BCUT2D eigenvalue weighted by Gasteiger charge is 2.09. The van der Waals surface area contributed by atoms with Crippen LogP contribution in [0.1, 0.15) is 29.7 Å². The van der Waals surface area contributed by atoms with E-state index in [0.717, 1.165) is 20.9 Å². The number of carboxylic acids is 1. The largest absolute Gasteiger partial charge is 0.481 e. The molecule has 0 atom stereocenters. The summed E-state index contributed by atoms with van der Waals surface area (Å²) in [6.45, 7) is 1.96. The number of hydrogen-bond donors (Lipinski definition) is 1. The molecule has 1 saturated carbocycles. The minimum Gasteiger partial charge on any atom is -0.481 e. The summed E-state index contributed by atoms with van der Waals surface area (Å²) in [6, 6.07) is 12.1. The highest BCUT2D eigenvalue weighted by atomic mass is 32.1. The normalized spacial score (nSPS) is 12.5. The maximum atomic E-state index is 10.7. The zero-order valence-electron chi connectivity index (χ0n) is 11.1. The third-order valence-corrected chi connectivity index (χ3v) is 4.03. The molecule has 0 radical (unpaired) electrons. The molecule has 1 aromatic heterocycles. The van der Waals surface area contributed by atoms with Crippen molar-refractivity contribution in [2.24, 2.45) is 0 Å². The molecule has 1 N–H and O–H groups in total. The van der Waals surface area contributed by atoms with Crippen molar-refractivity contribution >= 4 is 17.3 Å². The van der Waals surface area contributed by atoms with Crippen LogP contribution < -0.4 is 0 Å². The van der Waals surface area contributed by atoms with E-state index in [1.54, 1.807) is 11.3 Å². The Kier molecular flexibility index (Phi) is 4.74. The lowest BCUT2D eigenvalue weighted by atomic mass is 10.1. The lowest BCUT2D eigenvalue weighted by Crippen LogP contribution is -1.98. The highest BCUT2D eigenvalue weighted by Crippen LogP contribution is 2.31. The summed E-state index contributed by atoms with van der Waals surface area (Å²) in [6.07, 6.45) is 4.61. The van der Waals surface area contributed by atoms with Gasteiger partial charge in [0.25, 0.3) is 0 Å². The van der Waals surface area contributed by atoms with Crippen LogP contribution in [-0.4, -0.2) is 11.1 Å². The number of benzene rings is 1. The summed E-state index contributed by atoms with van der Waals surface area (Å²) in [4.78, 5) is 12.7. The molecule has 0 amide bonds. The van der Waals surface area contributed by atoms with E-state index in [1.807, 2.05) is 37.3 Å². The van der Waals surface area contributed by atoms with Crippen molar-refractivity contribution in [2.75, 3.05) is 0 Å². The van der Waals surface area contributed by atoms with E-state index in [9.17, 15) is 4.79 Å². The third kappa shape index (κ3) is 4.52. The maximum Gasteiger partial charge on any atom is 0.308 e. The van der Waals surface area contributed by atoms with Crippen LogP contribution >= 0.6 is 11.3 Å². The zero-order valence-corrected chi connectivity index (χ0v) is 11.9. The van der Waals surface area contributed by atoms with E-state index < -0.39 is 5.97 Å². The average Bonchev–Trinajstić information content (AvgIpc) is 3.22. The Balaban J connectivity index is 0.000000390. The van der Waals surface area contributed by atoms with E-state index in [1.165, 1.54) is 19.3 Å². The first kappa shape index (κ1) is 13.8. The van der Waals surface area contributed by atoms with Gasteiger partial charge in [-0.05, 0) is 24.1 Å². The predicted molar refractivity (Wildman–Crippen MR) is 79.7 cm³/mol. The first-order valence-corrected chi connectivity index (χ1v) is 7.35. The second-order valence-electron chi connectivity index (χ2n) is 4.71. The molecule has 0 unspecified atom stereocenters. The van der Waals surface area contributed by atoms with Crippen LogP contribution in [0.15, 0.2) is 36.4 Å². The minimum atomic E-state index is -0.774. The number of thiophene rings is 1. The van der Waals surface area contributed by atoms with E-state index >= 15 is 0 Å². The summed E-state index contributed by atoms with van der Waals surface area (Å²) in [5, 5.41) is 8.78. The summed E-state index contributed by atoms with van der Waals surface area (Å²) in [7, 11) is 0. The first-order valence-electron chi connectivity index (χ1n) is 6.53. The van der Waals surface area contributed by atoms with Crippen molar-refractivity contribution in [3.8, 4) is 10.4 Å². The fourth-order valence-electron chi connectivity index (χ4n) is 1.58. The highest BCUT2D eigenvalue weighted by molar-refractivity contribution is 7.15. The van der Waals surface area contributed by atoms with Crippen molar-refractivity contribution in [1.29, 1.82) is 0 Å². The van der Waals surface area contributed by atoms with Crippen molar-refractivity contribution in [1.82, 2.24) is 0 Å². The van der Waals surface area contributed by atoms with Crippen LogP contribution in [0.3, 0.4) is 0 Å². The van der Waals surface area contributed by atoms with Crippen LogP contribution in [0, 0.1) is 6.92 Å². The van der Waals surface area contributed by atoms with Crippen molar-refractivity contribution in [2.45, 2.75) is 32.6 Å². The lowest BCUT2D eigenvalue weighted by molar-refractivity contribution is -0.136. The molecule has 1 heterocycles. The number of hydrogen-bond acceptors (Lipinski definition) is 2. The SMILES string of the molecule is C1CC1.Cc1cc(-c2ccccc2)sc1CC(=O)O. The summed E-state index contributed by atoms with van der Waals surface area (Å²) >= 11 is 1.56. The Hall–Kier alpha value is -1.61. The molecule has 100 valence electrons. The van der Waals surface area contributed by atoms with Gasteiger partial charge < -0.3 is 5.11 Å². The molecular formula is C16H18O2S. The molecule has 1 fully saturated rings. The van der Waals surface area contributed by atoms with Gasteiger partial charge in [0.15, 0.2) is 0 Å². The van der Waals surface area contributed by atoms with E-state index in [4.69, 9.17) is 5.11 Å². The Bertz CT molecular complexity index is 538. The molecule has 0 spiro atoms. The van der Waals surface area contributed by atoms with Crippen LogP contribution in [0.2, 0.25) is 0 Å². The fraction of sp³-hybridized carbons (Fsp3) is 0.312. The molecule has 0 saturated heterocycles. The van der Waals surface area contributed by atoms with Crippen LogP contribution in [0.25, 0.3) is 10.4 Å². The number of aryl methyl sites for hydroxylation is 1. The summed E-state index contributed by atoms with van der Waals surface area (Å²) in [5.74, 6) is -0.774. The molecule has 0 aliphatic heterocycles. The number of aliphatic carboxylic acids is 1. The molecular weight excluding hydrogens is 256 g/mol. The second kappa shape index (κ2) is 6.53. The second-order valence-corrected chi connectivity index (χ2v) is 5.85. The van der Waals surface area contributed by atoms with Gasteiger partial charge in [-0.25, -0.2) is 0 Å². The molecule has 0 bridgehead atoms. The Morgan fingerprint density at radius 3 is 2.37 bits per heavy atom. The molecule has 3 rings (SSSR count). The van der Waals surface area contributed by atoms with Gasteiger partial charge in [-0.2, -0.15) is 0 Å². The smallest absolute Gasteiger partial charge is 0.308 e. The molecule has 3 heteroatoms. The molecule has 2 nitrogen and oxygen atoms in total. The number of rotatable bonds is 3. The fourth-order valence-corrected chi connectivity index (χ4v) is 2.75. The van der Waals surface area contributed by atoms with Crippen molar-refractivity contribution in [3.05, 3.63) is 46.8 Å². The predicted octanol–water partition coefficient (Wildman–Crippen LogP) is 4.52. The molecule has 1 aliphatic carbocycles. The monoisotopic (exact) mass is 274 g/mol. The van der Waals surface area contributed by atoms with Gasteiger partial charge in [-0.15, -0.1) is 11.3 Å². The lowest BCUT2D eigenvalue weighted by Gasteiger charge is -1.94. The Labute approximate surface area is 117 Å². The van der Waals surface area contributed by atoms with Crippen molar-refractivity contribution in [3.63, 3.8) is 0 Å². The van der Waals surface area contributed by atoms with Gasteiger partial charge in [0.1, 0.15) is 0 Å². The first-order chi connectivity index (χ1) is 9.16. The maximum absolute atomic E-state index is 10.7.